The van der Waals surface area contributed by atoms with Crippen LogP contribution < -0.4 is 10.6 Å². The average molecular weight is 218 g/mol. The molecule has 0 bridgehead atoms. The van der Waals surface area contributed by atoms with Gasteiger partial charge in [0.2, 0.25) is 0 Å². The molecular weight excluding hydrogens is 202 g/mol. The van der Waals surface area contributed by atoms with Gasteiger partial charge in [-0.25, -0.2) is 8.78 Å². The average Bonchev–Trinajstić information content (AvgIpc) is 2.72. The maximum atomic E-state index is 12.8. The Hall–Kier alpha value is -0.260. The first-order chi connectivity index (χ1) is 7.12. The summed E-state index contributed by atoms with van der Waals surface area (Å²) >= 11 is 0. The molecular formula is C10H16F2N2O. The van der Waals surface area contributed by atoms with Crippen molar-refractivity contribution in [1.29, 1.82) is 0 Å². The lowest BCUT2D eigenvalue weighted by Gasteiger charge is -2.51. The van der Waals surface area contributed by atoms with E-state index in [0.29, 0.717) is 13.0 Å². The molecule has 2 aliphatic heterocycles. The van der Waals surface area contributed by atoms with E-state index in [0.717, 1.165) is 19.6 Å². The third-order valence-electron chi connectivity index (χ3n) is 3.84. The SMILES string of the molecule is FC1(F)CC1CC1NCCOC12CNC2. The number of ether oxygens (including phenoxy) is 1. The Morgan fingerprint density at radius 1 is 1.33 bits per heavy atom. The smallest absolute Gasteiger partial charge is 0.251 e. The van der Waals surface area contributed by atoms with Crippen LogP contribution in [0.2, 0.25) is 0 Å². The minimum atomic E-state index is -2.41. The third-order valence-corrected chi connectivity index (χ3v) is 3.84. The molecule has 1 spiro atoms. The van der Waals surface area contributed by atoms with Crippen molar-refractivity contribution in [2.75, 3.05) is 26.2 Å². The van der Waals surface area contributed by atoms with Crippen molar-refractivity contribution in [3.63, 3.8) is 0 Å². The Kier molecular flexibility index (Phi) is 2.06. The first-order valence-corrected chi connectivity index (χ1v) is 5.58. The van der Waals surface area contributed by atoms with Crippen LogP contribution in [0.5, 0.6) is 0 Å². The van der Waals surface area contributed by atoms with Crippen molar-refractivity contribution >= 4 is 0 Å². The lowest BCUT2D eigenvalue weighted by molar-refractivity contribution is -0.130. The molecule has 2 N–H and O–H groups in total. The topological polar surface area (TPSA) is 33.3 Å². The van der Waals surface area contributed by atoms with Crippen LogP contribution in [0, 0.1) is 5.92 Å². The van der Waals surface area contributed by atoms with E-state index in [1.807, 2.05) is 0 Å². The Morgan fingerprint density at radius 3 is 2.60 bits per heavy atom. The highest BCUT2D eigenvalue weighted by Gasteiger charge is 2.59. The van der Waals surface area contributed by atoms with E-state index in [1.165, 1.54) is 0 Å². The predicted octanol–water partition coefficient (Wildman–Crippen LogP) is 0.362. The Bertz CT molecular complexity index is 268. The van der Waals surface area contributed by atoms with E-state index < -0.39 is 11.8 Å². The summed E-state index contributed by atoms with van der Waals surface area (Å²) in [5, 5.41) is 6.49. The summed E-state index contributed by atoms with van der Waals surface area (Å²) in [7, 11) is 0. The van der Waals surface area contributed by atoms with Crippen LogP contribution >= 0.6 is 0 Å². The zero-order chi connectivity index (χ0) is 10.5. The van der Waals surface area contributed by atoms with Crippen molar-refractivity contribution in [2.45, 2.75) is 30.4 Å². The number of hydrogen-bond donors (Lipinski definition) is 2. The summed E-state index contributed by atoms with van der Waals surface area (Å²) in [5.41, 5.74) is -0.197. The highest BCUT2D eigenvalue weighted by Crippen LogP contribution is 2.52. The fraction of sp³-hybridized carbons (Fsp3) is 1.00. The normalized spacial score (nSPS) is 41.2. The second-order valence-corrected chi connectivity index (χ2v) is 4.92. The molecule has 2 heterocycles. The van der Waals surface area contributed by atoms with E-state index >= 15 is 0 Å². The van der Waals surface area contributed by atoms with Gasteiger partial charge in [0.15, 0.2) is 0 Å². The minimum Gasteiger partial charge on any atom is -0.369 e. The summed E-state index contributed by atoms with van der Waals surface area (Å²) in [6.45, 7) is 3.07. The third kappa shape index (κ3) is 1.57. The molecule has 2 saturated heterocycles. The molecule has 5 heteroatoms. The van der Waals surface area contributed by atoms with Crippen LogP contribution in [0.4, 0.5) is 8.78 Å². The monoisotopic (exact) mass is 218 g/mol. The molecule has 0 aromatic rings. The van der Waals surface area contributed by atoms with Crippen molar-refractivity contribution in [3.8, 4) is 0 Å². The van der Waals surface area contributed by atoms with Crippen LogP contribution in [0.25, 0.3) is 0 Å². The van der Waals surface area contributed by atoms with E-state index in [9.17, 15) is 8.78 Å². The quantitative estimate of drug-likeness (QED) is 0.702. The molecule has 15 heavy (non-hydrogen) atoms. The molecule has 0 radical (unpaired) electrons. The Morgan fingerprint density at radius 2 is 2.07 bits per heavy atom. The summed E-state index contributed by atoms with van der Waals surface area (Å²) < 4.78 is 31.4. The standard InChI is InChI=1S/C10H16F2N2O/c11-10(12)4-7(10)3-8-9(5-13-6-9)15-2-1-14-8/h7-8,13-14H,1-6H2. The Balaban J connectivity index is 1.63. The highest BCUT2D eigenvalue weighted by atomic mass is 19.3. The van der Waals surface area contributed by atoms with Crippen molar-refractivity contribution in [2.24, 2.45) is 5.92 Å². The van der Waals surface area contributed by atoms with Gasteiger partial charge in [-0.05, 0) is 6.42 Å². The molecule has 3 nitrogen and oxygen atoms in total. The van der Waals surface area contributed by atoms with Gasteiger partial charge in [-0.15, -0.1) is 0 Å². The van der Waals surface area contributed by atoms with Crippen LogP contribution in [0.15, 0.2) is 0 Å². The van der Waals surface area contributed by atoms with Crippen molar-refractivity contribution < 1.29 is 13.5 Å². The van der Waals surface area contributed by atoms with Gasteiger partial charge in [0.05, 0.1) is 6.61 Å². The fourth-order valence-corrected chi connectivity index (χ4v) is 2.60. The van der Waals surface area contributed by atoms with Gasteiger partial charge in [-0.1, -0.05) is 0 Å². The molecule has 86 valence electrons. The molecule has 3 rings (SSSR count). The second-order valence-electron chi connectivity index (χ2n) is 4.92. The van der Waals surface area contributed by atoms with Gasteiger partial charge < -0.3 is 15.4 Å². The Labute approximate surface area is 87.6 Å². The lowest BCUT2D eigenvalue weighted by atomic mass is 9.83. The molecule has 2 atom stereocenters. The number of alkyl halides is 2. The van der Waals surface area contributed by atoms with E-state index in [1.54, 1.807) is 0 Å². The fourth-order valence-electron chi connectivity index (χ4n) is 2.60. The largest absolute Gasteiger partial charge is 0.369 e. The first-order valence-electron chi connectivity index (χ1n) is 5.58. The number of halogens is 2. The van der Waals surface area contributed by atoms with Gasteiger partial charge in [-0.3, -0.25) is 0 Å². The number of rotatable bonds is 2. The number of nitrogens with one attached hydrogen (secondary N) is 2. The number of morpholine rings is 1. The van der Waals surface area contributed by atoms with Crippen LogP contribution in [-0.4, -0.2) is 43.8 Å². The summed E-state index contributed by atoms with van der Waals surface area (Å²) in [6.07, 6.45) is 0.614. The second kappa shape index (κ2) is 3.12. The zero-order valence-electron chi connectivity index (χ0n) is 8.56. The van der Waals surface area contributed by atoms with Crippen LogP contribution in [0.3, 0.4) is 0 Å². The maximum Gasteiger partial charge on any atom is 0.251 e. The highest BCUT2D eigenvalue weighted by molar-refractivity contribution is 5.09. The lowest BCUT2D eigenvalue weighted by Crippen LogP contribution is -2.73. The maximum absolute atomic E-state index is 12.8. The summed E-state index contributed by atoms with van der Waals surface area (Å²) in [6, 6.07) is 0.103. The number of hydrogen-bond acceptors (Lipinski definition) is 3. The molecule has 3 fully saturated rings. The molecule has 0 amide bonds. The minimum absolute atomic E-state index is 0.0642. The van der Waals surface area contributed by atoms with E-state index in [4.69, 9.17) is 4.74 Å². The van der Waals surface area contributed by atoms with Crippen molar-refractivity contribution in [1.82, 2.24) is 10.6 Å². The molecule has 3 aliphatic rings. The molecule has 2 unspecified atom stereocenters. The van der Waals surface area contributed by atoms with Crippen LogP contribution in [-0.2, 0) is 4.74 Å². The van der Waals surface area contributed by atoms with Gasteiger partial charge in [0.25, 0.3) is 5.92 Å². The van der Waals surface area contributed by atoms with Gasteiger partial charge in [0, 0.05) is 38.0 Å². The van der Waals surface area contributed by atoms with Crippen LogP contribution in [0.1, 0.15) is 12.8 Å². The van der Waals surface area contributed by atoms with Gasteiger partial charge in [-0.2, -0.15) is 0 Å². The predicted molar refractivity (Wildman–Crippen MR) is 51.0 cm³/mol. The molecule has 0 aromatic carbocycles. The summed E-state index contributed by atoms with van der Waals surface area (Å²) in [5.74, 6) is -2.83. The zero-order valence-corrected chi connectivity index (χ0v) is 8.56. The molecule has 0 aromatic heterocycles. The van der Waals surface area contributed by atoms with E-state index in [2.05, 4.69) is 10.6 Å². The summed E-state index contributed by atoms with van der Waals surface area (Å²) in [4.78, 5) is 0. The molecule has 1 saturated carbocycles. The van der Waals surface area contributed by atoms with Gasteiger partial charge >= 0.3 is 0 Å². The van der Waals surface area contributed by atoms with Gasteiger partial charge in [0.1, 0.15) is 5.60 Å². The van der Waals surface area contributed by atoms with Crippen molar-refractivity contribution in [3.05, 3.63) is 0 Å². The molecule has 1 aliphatic carbocycles. The first kappa shape index (κ1) is 9.93. The van der Waals surface area contributed by atoms with E-state index in [-0.39, 0.29) is 18.1 Å².